The molecule has 0 saturated carbocycles. The maximum atomic E-state index is 12.2. The Morgan fingerprint density at radius 3 is 2.29 bits per heavy atom. The highest BCUT2D eigenvalue weighted by molar-refractivity contribution is 6.35. The van der Waals surface area contributed by atoms with Crippen LogP contribution in [0.15, 0.2) is 18.2 Å². The van der Waals surface area contributed by atoms with Gasteiger partial charge in [-0.05, 0) is 17.7 Å². The molecule has 0 aliphatic carbocycles. The van der Waals surface area contributed by atoms with Crippen molar-refractivity contribution >= 4 is 29.1 Å². The van der Waals surface area contributed by atoms with E-state index in [1.807, 2.05) is 37.8 Å². The van der Waals surface area contributed by atoms with Gasteiger partial charge in [-0.1, -0.05) is 50.0 Å². The molecule has 0 radical (unpaired) electrons. The predicted octanol–water partition coefficient (Wildman–Crippen LogP) is 3.68. The maximum absolute atomic E-state index is 12.2. The van der Waals surface area contributed by atoms with Gasteiger partial charge in [0.1, 0.15) is 0 Å². The van der Waals surface area contributed by atoms with Crippen molar-refractivity contribution in [2.24, 2.45) is 5.41 Å². The third-order valence-electron chi connectivity index (χ3n) is 3.71. The van der Waals surface area contributed by atoms with E-state index >= 15 is 0 Å². The Hall–Kier alpha value is -0.770. The lowest BCUT2D eigenvalue weighted by atomic mass is 9.94. The molecule has 21 heavy (non-hydrogen) atoms. The summed E-state index contributed by atoms with van der Waals surface area (Å²) in [6.45, 7) is 10.0. The van der Waals surface area contributed by atoms with Crippen LogP contribution >= 0.6 is 23.2 Å². The lowest BCUT2D eigenvalue weighted by molar-refractivity contribution is -0.141. The fourth-order valence-corrected chi connectivity index (χ4v) is 2.94. The fourth-order valence-electron chi connectivity index (χ4n) is 2.47. The molecular formula is C16H22Cl2N2O. The van der Waals surface area contributed by atoms with Gasteiger partial charge in [0, 0.05) is 48.2 Å². The second-order valence-electron chi connectivity index (χ2n) is 6.55. The summed E-state index contributed by atoms with van der Waals surface area (Å²) in [6.07, 6.45) is 0. The standard InChI is InChI=1S/C16H22Cl2N2O/c1-16(2,3)15(21)20-8-6-19(7-9-20)11-12-4-5-13(17)10-14(12)18/h4-5,10H,6-9,11H2,1-3H3. The average Bonchev–Trinajstić information content (AvgIpc) is 2.41. The summed E-state index contributed by atoms with van der Waals surface area (Å²) in [6, 6.07) is 5.61. The van der Waals surface area contributed by atoms with Crippen LogP contribution in [0.1, 0.15) is 26.3 Å². The first-order valence-corrected chi connectivity index (χ1v) is 7.98. The van der Waals surface area contributed by atoms with Gasteiger partial charge in [-0.15, -0.1) is 0 Å². The van der Waals surface area contributed by atoms with E-state index in [1.54, 1.807) is 6.07 Å². The lowest BCUT2D eigenvalue weighted by Gasteiger charge is -2.37. The van der Waals surface area contributed by atoms with Crippen LogP contribution in [0, 0.1) is 5.41 Å². The summed E-state index contributed by atoms with van der Waals surface area (Å²) < 4.78 is 0. The van der Waals surface area contributed by atoms with Crippen LogP contribution in [0.5, 0.6) is 0 Å². The van der Waals surface area contributed by atoms with E-state index in [0.29, 0.717) is 10.0 Å². The van der Waals surface area contributed by atoms with Crippen LogP contribution in [-0.4, -0.2) is 41.9 Å². The van der Waals surface area contributed by atoms with Crippen molar-refractivity contribution in [2.45, 2.75) is 27.3 Å². The summed E-state index contributed by atoms with van der Waals surface area (Å²) in [7, 11) is 0. The molecule has 0 aromatic heterocycles. The van der Waals surface area contributed by atoms with E-state index in [-0.39, 0.29) is 11.3 Å². The molecule has 3 nitrogen and oxygen atoms in total. The van der Waals surface area contributed by atoms with Gasteiger partial charge in [-0.2, -0.15) is 0 Å². The molecule has 1 aromatic rings. The highest BCUT2D eigenvalue weighted by atomic mass is 35.5. The van der Waals surface area contributed by atoms with Gasteiger partial charge in [0.2, 0.25) is 5.91 Å². The second-order valence-corrected chi connectivity index (χ2v) is 7.40. The van der Waals surface area contributed by atoms with E-state index in [1.165, 1.54) is 0 Å². The average molecular weight is 329 g/mol. The molecule has 1 aromatic carbocycles. The molecule has 0 unspecified atom stereocenters. The third kappa shape index (κ3) is 4.35. The molecule has 1 aliphatic rings. The number of carbonyl (C=O) groups is 1. The molecule has 1 amide bonds. The summed E-state index contributed by atoms with van der Waals surface area (Å²) >= 11 is 12.1. The van der Waals surface area contributed by atoms with Crippen LogP contribution in [-0.2, 0) is 11.3 Å². The highest BCUT2D eigenvalue weighted by Gasteiger charge is 2.29. The monoisotopic (exact) mass is 328 g/mol. The molecule has 0 N–H and O–H groups in total. The third-order valence-corrected chi connectivity index (χ3v) is 4.30. The summed E-state index contributed by atoms with van der Waals surface area (Å²) in [5.41, 5.74) is 0.776. The molecule has 1 heterocycles. The van der Waals surface area contributed by atoms with Gasteiger partial charge < -0.3 is 4.90 Å². The summed E-state index contributed by atoms with van der Waals surface area (Å²) in [4.78, 5) is 16.5. The summed E-state index contributed by atoms with van der Waals surface area (Å²) in [5.74, 6) is 0.228. The van der Waals surface area contributed by atoms with Gasteiger partial charge in [0.25, 0.3) is 0 Å². The Balaban J connectivity index is 1.91. The van der Waals surface area contributed by atoms with Crippen molar-refractivity contribution in [1.82, 2.24) is 9.80 Å². The Labute approximate surface area is 136 Å². The minimum absolute atomic E-state index is 0.228. The minimum atomic E-state index is -0.304. The van der Waals surface area contributed by atoms with E-state index in [2.05, 4.69) is 4.90 Å². The van der Waals surface area contributed by atoms with Crippen molar-refractivity contribution in [3.8, 4) is 0 Å². The molecule has 2 rings (SSSR count). The molecule has 0 atom stereocenters. The van der Waals surface area contributed by atoms with E-state index in [9.17, 15) is 4.79 Å². The van der Waals surface area contributed by atoms with Gasteiger partial charge in [-0.3, -0.25) is 9.69 Å². The van der Waals surface area contributed by atoms with Crippen molar-refractivity contribution < 1.29 is 4.79 Å². The number of nitrogens with zero attached hydrogens (tertiary/aromatic N) is 2. The zero-order valence-corrected chi connectivity index (χ0v) is 14.3. The Morgan fingerprint density at radius 2 is 1.76 bits per heavy atom. The van der Waals surface area contributed by atoms with E-state index in [0.717, 1.165) is 38.3 Å². The molecule has 0 bridgehead atoms. The van der Waals surface area contributed by atoms with Crippen molar-refractivity contribution in [3.05, 3.63) is 33.8 Å². The zero-order chi connectivity index (χ0) is 15.6. The molecule has 116 valence electrons. The van der Waals surface area contributed by atoms with Crippen LogP contribution in [0.4, 0.5) is 0 Å². The van der Waals surface area contributed by atoms with Gasteiger partial charge >= 0.3 is 0 Å². The van der Waals surface area contributed by atoms with Crippen molar-refractivity contribution in [1.29, 1.82) is 0 Å². The first-order valence-electron chi connectivity index (χ1n) is 7.23. The quantitative estimate of drug-likeness (QED) is 0.826. The number of hydrogen-bond donors (Lipinski definition) is 0. The SMILES string of the molecule is CC(C)(C)C(=O)N1CCN(Cc2ccc(Cl)cc2Cl)CC1. The highest BCUT2D eigenvalue weighted by Crippen LogP contribution is 2.23. The maximum Gasteiger partial charge on any atom is 0.228 e. The number of hydrogen-bond acceptors (Lipinski definition) is 2. The largest absolute Gasteiger partial charge is 0.340 e. The van der Waals surface area contributed by atoms with Gasteiger partial charge in [0.15, 0.2) is 0 Å². The number of amides is 1. The Bertz CT molecular complexity index is 517. The van der Waals surface area contributed by atoms with Crippen molar-refractivity contribution in [2.75, 3.05) is 26.2 Å². The number of benzene rings is 1. The number of carbonyl (C=O) groups excluding carboxylic acids is 1. The first-order chi connectivity index (χ1) is 9.77. The van der Waals surface area contributed by atoms with Crippen LogP contribution < -0.4 is 0 Å². The number of rotatable bonds is 2. The van der Waals surface area contributed by atoms with Crippen molar-refractivity contribution in [3.63, 3.8) is 0 Å². The van der Waals surface area contributed by atoms with Crippen LogP contribution in [0.3, 0.4) is 0 Å². The molecule has 5 heteroatoms. The Kier molecular flexibility index (Phi) is 5.18. The molecule has 1 aliphatic heterocycles. The van der Waals surface area contributed by atoms with E-state index < -0.39 is 0 Å². The topological polar surface area (TPSA) is 23.6 Å². The van der Waals surface area contributed by atoms with Gasteiger partial charge in [0.05, 0.1) is 0 Å². The number of piperazine rings is 1. The summed E-state index contributed by atoms with van der Waals surface area (Å²) in [5, 5.41) is 1.36. The van der Waals surface area contributed by atoms with Gasteiger partial charge in [-0.25, -0.2) is 0 Å². The normalized spacial score (nSPS) is 17.1. The fraction of sp³-hybridized carbons (Fsp3) is 0.562. The molecule has 1 saturated heterocycles. The zero-order valence-electron chi connectivity index (χ0n) is 12.8. The lowest BCUT2D eigenvalue weighted by Crippen LogP contribution is -2.51. The van der Waals surface area contributed by atoms with E-state index in [4.69, 9.17) is 23.2 Å². The smallest absolute Gasteiger partial charge is 0.228 e. The molecule has 1 fully saturated rings. The second kappa shape index (κ2) is 6.55. The first kappa shape index (κ1) is 16.6. The number of halogens is 2. The van der Waals surface area contributed by atoms with Crippen LogP contribution in [0.2, 0.25) is 10.0 Å². The molecular weight excluding hydrogens is 307 g/mol. The Morgan fingerprint density at radius 1 is 1.14 bits per heavy atom. The minimum Gasteiger partial charge on any atom is -0.340 e. The van der Waals surface area contributed by atoms with Crippen LogP contribution in [0.25, 0.3) is 0 Å². The molecule has 0 spiro atoms. The predicted molar refractivity (Wildman–Crippen MR) is 87.8 cm³/mol.